The van der Waals surface area contributed by atoms with Crippen LogP contribution in [0.3, 0.4) is 0 Å². The molecule has 0 fully saturated rings. The second-order valence-corrected chi connectivity index (χ2v) is 9.68. The van der Waals surface area contributed by atoms with Crippen molar-refractivity contribution in [2.75, 3.05) is 5.32 Å². The van der Waals surface area contributed by atoms with E-state index in [4.69, 9.17) is 16.7 Å². The highest BCUT2D eigenvalue weighted by molar-refractivity contribution is 8.15. The molecule has 9 heteroatoms. The fourth-order valence-corrected chi connectivity index (χ4v) is 5.22. The minimum absolute atomic E-state index is 0.0496. The van der Waals surface area contributed by atoms with E-state index in [1.807, 2.05) is 30.3 Å². The first-order chi connectivity index (χ1) is 17.0. The number of amides is 2. The molecule has 0 bridgehead atoms. The van der Waals surface area contributed by atoms with Crippen LogP contribution in [-0.2, 0) is 9.59 Å². The maximum atomic E-state index is 13.6. The molecule has 2 heterocycles. The topological polar surface area (TPSA) is 74.1 Å². The van der Waals surface area contributed by atoms with E-state index in [2.05, 4.69) is 10.3 Å². The van der Waals surface area contributed by atoms with E-state index >= 15 is 0 Å². The summed E-state index contributed by atoms with van der Waals surface area (Å²) in [5.74, 6) is -1.04. The number of nitrogens with one attached hydrogen (secondary N) is 1. The van der Waals surface area contributed by atoms with Gasteiger partial charge in [0.2, 0.25) is 5.91 Å². The third kappa shape index (κ3) is 5.13. The molecule has 0 spiro atoms. The number of hydrogen-bond acceptors (Lipinski definition) is 5. The molecule has 2 amide bonds. The third-order valence-electron chi connectivity index (χ3n) is 5.72. The smallest absolute Gasteiger partial charge is 0.262 e. The molecule has 0 saturated heterocycles. The summed E-state index contributed by atoms with van der Waals surface area (Å²) < 4.78 is 13.6. The molecular formula is C26H20ClFN4O2S. The molecule has 35 heavy (non-hydrogen) atoms. The fourth-order valence-electron chi connectivity index (χ4n) is 3.97. The van der Waals surface area contributed by atoms with Gasteiger partial charge in [-0.25, -0.2) is 9.40 Å². The summed E-state index contributed by atoms with van der Waals surface area (Å²) in [7, 11) is 0. The Morgan fingerprint density at radius 2 is 1.77 bits per heavy atom. The molecule has 0 aromatic heterocycles. The zero-order valence-electron chi connectivity index (χ0n) is 18.4. The standard InChI is InChI=1S/C26H20ClFN4O2S/c27-19-8-4-5-9-20(19)29-24(33)15-23-25(34)30-26(35-23)32-22(17-10-12-18(28)13-11-17)14-21(31-32)16-6-2-1-3-7-16/h1-13,22-23H,14-15H2,(H,29,33). The highest BCUT2D eigenvalue weighted by atomic mass is 35.5. The molecule has 5 rings (SSSR count). The molecule has 2 aliphatic heterocycles. The Kier molecular flexibility index (Phi) is 6.66. The molecule has 0 saturated carbocycles. The number of amidine groups is 1. The summed E-state index contributed by atoms with van der Waals surface area (Å²) in [4.78, 5) is 29.5. The van der Waals surface area contributed by atoms with Crippen LogP contribution in [0.5, 0.6) is 0 Å². The minimum atomic E-state index is -0.669. The highest BCUT2D eigenvalue weighted by Gasteiger charge is 2.39. The third-order valence-corrected chi connectivity index (χ3v) is 7.19. The summed E-state index contributed by atoms with van der Waals surface area (Å²) in [6, 6.07) is 22.7. The number of para-hydroxylation sites is 1. The van der Waals surface area contributed by atoms with Gasteiger partial charge in [0.25, 0.3) is 5.91 Å². The summed E-state index contributed by atoms with van der Waals surface area (Å²) in [6.45, 7) is 0. The number of carbonyl (C=O) groups is 2. The van der Waals surface area contributed by atoms with Crippen LogP contribution in [-0.4, -0.2) is 33.0 Å². The van der Waals surface area contributed by atoms with Gasteiger partial charge in [-0.15, -0.1) is 0 Å². The number of anilines is 1. The molecule has 3 aromatic carbocycles. The van der Waals surface area contributed by atoms with E-state index in [-0.39, 0.29) is 30.1 Å². The van der Waals surface area contributed by atoms with Gasteiger partial charge in [0.1, 0.15) is 11.1 Å². The van der Waals surface area contributed by atoms with E-state index in [0.717, 1.165) is 16.8 Å². The first kappa shape index (κ1) is 23.3. The molecule has 1 N–H and O–H groups in total. The van der Waals surface area contributed by atoms with E-state index < -0.39 is 5.25 Å². The maximum Gasteiger partial charge on any atom is 0.262 e. The Morgan fingerprint density at radius 3 is 2.51 bits per heavy atom. The maximum absolute atomic E-state index is 13.6. The van der Waals surface area contributed by atoms with Gasteiger partial charge in [-0.2, -0.15) is 10.1 Å². The Labute approximate surface area is 210 Å². The normalized spacial score (nSPS) is 19.5. The van der Waals surface area contributed by atoms with E-state index in [0.29, 0.717) is 22.3 Å². The largest absolute Gasteiger partial charge is 0.325 e. The van der Waals surface area contributed by atoms with Crippen LogP contribution >= 0.6 is 23.4 Å². The predicted molar refractivity (Wildman–Crippen MR) is 137 cm³/mol. The lowest BCUT2D eigenvalue weighted by molar-refractivity contribution is -0.121. The number of hydrogen-bond donors (Lipinski definition) is 1. The lowest BCUT2D eigenvalue weighted by atomic mass is 9.99. The number of hydrazone groups is 1. The monoisotopic (exact) mass is 506 g/mol. The summed E-state index contributed by atoms with van der Waals surface area (Å²) >= 11 is 7.33. The van der Waals surface area contributed by atoms with Crippen molar-refractivity contribution < 1.29 is 14.0 Å². The van der Waals surface area contributed by atoms with E-state index in [9.17, 15) is 14.0 Å². The van der Waals surface area contributed by atoms with Gasteiger partial charge in [0.15, 0.2) is 5.17 Å². The SMILES string of the molecule is O=C(CC1SC(N2N=C(c3ccccc3)CC2c2ccc(F)cc2)=NC1=O)Nc1ccccc1Cl. The number of halogens is 2. The lowest BCUT2D eigenvalue weighted by Crippen LogP contribution is -2.25. The molecule has 2 unspecified atom stereocenters. The molecule has 0 aliphatic carbocycles. The van der Waals surface area contributed by atoms with Gasteiger partial charge in [0.05, 0.1) is 22.5 Å². The molecular weight excluding hydrogens is 487 g/mol. The first-order valence-corrected chi connectivity index (χ1v) is 12.2. The number of nitrogens with zero attached hydrogens (tertiary/aromatic N) is 3. The number of aliphatic imine (C=N–C) groups is 1. The number of thioether (sulfide) groups is 1. The average molecular weight is 507 g/mol. The molecule has 2 aliphatic rings. The molecule has 2 atom stereocenters. The van der Waals surface area contributed by atoms with E-state index in [1.165, 1.54) is 23.9 Å². The summed E-state index contributed by atoms with van der Waals surface area (Å²) in [5.41, 5.74) is 3.16. The van der Waals surface area contributed by atoms with Gasteiger partial charge < -0.3 is 5.32 Å². The fraction of sp³-hybridized carbons (Fsp3) is 0.154. The average Bonchev–Trinajstić information content (AvgIpc) is 3.46. The van der Waals surface area contributed by atoms with Crippen LogP contribution in [0, 0.1) is 5.82 Å². The van der Waals surface area contributed by atoms with Crippen molar-refractivity contribution in [2.45, 2.75) is 24.1 Å². The Morgan fingerprint density at radius 1 is 1.06 bits per heavy atom. The van der Waals surface area contributed by atoms with Crippen LogP contribution in [0.2, 0.25) is 5.02 Å². The second kappa shape index (κ2) is 10.0. The number of benzene rings is 3. The molecule has 3 aromatic rings. The van der Waals surface area contributed by atoms with Crippen LogP contribution in [0.25, 0.3) is 0 Å². The lowest BCUT2D eigenvalue weighted by Gasteiger charge is -2.23. The van der Waals surface area contributed by atoms with Crippen molar-refractivity contribution >= 4 is 51.7 Å². The van der Waals surface area contributed by atoms with Crippen LogP contribution in [0.15, 0.2) is 89.0 Å². The van der Waals surface area contributed by atoms with Gasteiger partial charge >= 0.3 is 0 Å². The zero-order valence-corrected chi connectivity index (χ0v) is 20.0. The zero-order chi connectivity index (χ0) is 24.4. The quantitative estimate of drug-likeness (QED) is 0.484. The van der Waals surface area contributed by atoms with Crippen molar-refractivity contribution in [3.8, 4) is 0 Å². The summed E-state index contributed by atoms with van der Waals surface area (Å²) in [6.07, 6.45) is 0.521. The van der Waals surface area contributed by atoms with Crippen LogP contribution < -0.4 is 5.32 Å². The van der Waals surface area contributed by atoms with Gasteiger partial charge in [-0.3, -0.25) is 9.59 Å². The molecule has 6 nitrogen and oxygen atoms in total. The molecule has 176 valence electrons. The predicted octanol–water partition coefficient (Wildman–Crippen LogP) is 5.66. The van der Waals surface area contributed by atoms with E-state index in [1.54, 1.807) is 41.4 Å². The van der Waals surface area contributed by atoms with Gasteiger partial charge in [-0.05, 0) is 35.4 Å². The minimum Gasteiger partial charge on any atom is -0.325 e. The highest BCUT2D eigenvalue weighted by Crippen LogP contribution is 2.38. The van der Waals surface area contributed by atoms with Crippen LogP contribution in [0.4, 0.5) is 10.1 Å². The van der Waals surface area contributed by atoms with Crippen molar-refractivity contribution in [3.63, 3.8) is 0 Å². The second-order valence-electron chi connectivity index (χ2n) is 8.10. The first-order valence-electron chi connectivity index (χ1n) is 11.0. The summed E-state index contributed by atoms with van der Waals surface area (Å²) in [5, 5.41) is 9.42. The van der Waals surface area contributed by atoms with Gasteiger partial charge in [-0.1, -0.05) is 78.0 Å². The number of carbonyl (C=O) groups excluding carboxylic acids is 2. The van der Waals surface area contributed by atoms with Crippen molar-refractivity contribution in [3.05, 3.63) is 101 Å². The Hall–Kier alpha value is -3.49. The molecule has 0 radical (unpaired) electrons. The van der Waals surface area contributed by atoms with Gasteiger partial charge in [0, 0.05) is 12.8 Å². The Bertz CT molecular complexity index is 1330. The van der Waals surface area contributed by atoms with Crippen LogP contribution in [0.1, 0.15) is 30.0 Å². The van der Waals surface area contributed by atoms with Crippen molar-refractivity contribution in [1.82, 2.24) is 5.01 Å². The van der Waals surface area contributed by atoms with Crippen molar-refractivity contribution in [2.24, 2.45) is 10.1 Å². The Balaban J connectivity index is 1.35. The number of rotatable bonds is 5. The van der Waals surface area contributed by atoms with Crippen molar-refractivity contribution in [1.29, 1.82) is 0 Å².